The highest BCUT2D eigenvalue weighted by atomic mass is 16.6. The first kappa shape index (κ1) is 75.5. The van der Waals surface area contributed by atoms with Crippen molar-refractivity contribution in [1.29, 1.82) is 0 Å². The molecule has 0 N–H and O–H groups in total. The lowest BCUT2D eigenvalue weighted by Crippen LogP contribution is -2.30. The van der Waals surface area contributed by atoms with Gasteiger partial charge in [-0.05, 0) is 154 Å². The van der Waals surface area contributed by atoms with Gasteiger partial charge in [0.05, 0.1) is 0 Å². The molecule has 1 unspecified atom stereocenters. The third kappa shape index (κ3) is 65.2. The van der Waals surface area contributed by atoms with E-state index >= 15 is 0 Å². The van der Waals surface area contributed by atoms with E-state index in [9.17, 15) is 14.4 Å². The summed E-state index contributed by atoms with van der Waals surface area (Å²) < 4.78 is 16.8. The van der Waals surface area contributed by atoms with Crippen LogP contribution in [0, 0.1) is 0 Å². The second-order valence-corrected chi connectivity index (χ2v) is 20.5. The molecule has 452 valence electrons. The van der Waals surface area contributed by atoms with Crippen molar-refractivity contribution >= 4 is 17.9 Å². The van der Waals surface area contributed by atoms with Crippen molar-refractivity contribution in [2.75, 3.05) is 13.2 Å². The lowest BCUT2D eigenvalue weighted by atomic mass is 10.1. The van der Waals surface area contributed by atoms with Crippen LogP contribution < -0.4 is 0 Å². The molecule has 0 heterocycles. The maximum Gasteiger partial charge on any atom is 0.306 e. The number of unbranched alkanes of at least 4 members (excludes halogenated alkanes) is 15. The van der Waals surface area contributed by atoms with E-state index in [0.29, 0.717) is 19.3 Å². The summed E-state index contributed by atoms with van der Waals surface area (Å²) >= 11 is 0. The first-order valence-electron chi connectivity index (χ1n) is 32.3. The molecular weight excluding hydrogens is 997 g/mol. The van der Waals surface area contributed by atoms with Crippen LogP contribution in [0.3, 0.4) is 0 Å². The number of esters is 3. The minimum absolute atomic E-state index is 0.122. The van der Waals surface area contributed by atoms with E-state index < -0.39 is 6.10 Å². The molecule has 0 rings (SSSR count). The molecule has 6 heteroatoms. The van der Waals surface area contributed by atoms with Gasteiger partial charge in [-0.2, -0.15) is 0 Å². The number of carbonyl (C=O) groups is 3. The Balaban J connectivity index is 4.55. The number of rotatable bonds is 56. The van der Waals surface area contributed by atoms with Crippen LogP contribution >= 0.6 is 0 Å². The van der Waals surface area contributed by atoms with E-state index in [1.165, 1.54) is 51.4 Å². The molecular formula is C75H116O6. The fourth-order valence-corrected chi connectivity index (χ4v) is 8.11. The molecule has 0 aliphatic heterocycles. The molecule has 81 heavy (non-hydrogen) atoms. The van der Waals surface area contributed by atoms with Crippen molar-refractivity contribution < 1.29 is 28.6 Å². The molecule has 0 aromatic carbocycles. The lowest BCUT2D eigenvalue weighted by Gasteiger charge is -2.18. The smallest absolute Gasteiger partial charge is 0.306 e. The molecule has 0 saturated heterocycles. The Labute approximate surface area is 497 Å². The predicted octanol–water partition coefficient (Wildman–Crippen LogP) is 22.4. The lowest BCUT2D eigenvalue weighted by molar-refractivity contribution is -0.167. The van der Waals surface area contributed by atoms with Gasteiger partial charge in [0.2, 0.25) is 0 Å². The SMILES string of the molecule is CC/C=C\C/C=C\C/C=C\C/C=C\C/C=C\C/C=C\C/C=C\C/C=C\C/C=C\CCCC(=O)OCC(COC(=O)CCCCCCC/C=C\CCCCCCCC)OC(=O)CCCCC/C=C\C/C=C\C/C=C\C/C=C\C/C=C\CC. The van der Waals surface area contributed by atoms with Crippen molar-refractivity contribution in [2.45, 2.75) is 258 Å². The molecule has 0 aliphatic carbocycles. The van der Waals surface area contributed by atoms with Gasteiger partial charge in [0.15, 0.2) is 6.10 Å². The van der Waals surface area contributed by atoms with E-state index in [4.69, 9.17) is 14.2 Å². The third-order valence-electron chi connectivity index (χ3n) is 12.9. The van der Waals surface area contributed by atoms with Gasteiger partial charge in [-0.3, -0.25) is 14.4 Å². The molecule has 0 aromatic heterocycles. The van der Waals surface area contributed by atoms with Crippen LogP contribution in [0.15, 0.2) is 182 Å². The Hall–Kier alpha value is -5.49. The summed E-state index contributed by atoms with van der Waals surface area (Å²) in [6.45, 7) is 6.31. The number of carbonyl (C=O) groups excluding carboxylic acids is 3. The largest absolute Gasteiger partial charge is 0.462 e. The number of hydrogen-bond acceptors (Lipinski definition) is 6. The van der Waals surface area contributed by atoms with Crippen molar-refractivity contribution in [3.8, 4) is 0 Å². The standard InChI is InChI=1S/C75H116O6/c1-4-7-10-13-16-19-22-25-28-30-32-33-34-35-36-37-38-39-40-41-43-44-47-50-53-56-59-62-65-68-74(77)80-71-72(70-79-73(76)67-64-61-58-55-52-49-46-27-24-21-18-15-12-9-6-3)81-75(78)69-66-63-60-57-54-51-48-45-42-31-29-26-23-20-17-14-11-8-5-2/h7-8,10-11,16-17,19-20,25-29,32-33,35-36,38-39,41-43,45-47,50-51,54,56,59,72H,4-6,9,12-15,18,21-24,30-31,34,37,40,44,48-49,52-53,55,57-58,60-71H2,1-3H3/b10-7-,11-8-,19-16-,20-17-,28-25-,29-26-,33-32-,36-35-,39-38-,43-41-,45-42-,46-27-,50-47-,54-51-,59-56-. The van der Waals surface area contributed by atoms with Crippen LogP contribution in [0.4, 0.5) is 0 Å². The second-order valence-electron chi connectivity index (χ2n) is 20.5. The van der Waals surface area contributed by atoms with Gasteiger partial charge in [-0.15, -0.1) is 0 Å². The minimum Gasteiger partial charge on any atom is -0.462 e. The molecule has 0 spiro atoms. The second kappa shape index (κ2) is 67.0. The molecule has 0 amide bonds. The highest BCUT2D eigenvalue weighted by molar-refractivity contribution is 5.71. The Morgan fingerprint density at radius 2 is 0.494 bits per heavy atom. The molecule has 0 bridgehead atoms. The van der Waals surface area contributed by atoms with Gasteiger partial charge >= 0.3 is 17.9 Å². The summed E-state index contributed by atoms with van der Waals surface area (Å²) in [5.41, 5.74) is 0. The quantitative estimate of drug-likeness (QED) is 0.0261. The number of hydrogen-bond donors (Lipinski definition) is 0. The fourth-order valence-electron chi connectivity index (χ4n) is 8.11. The van der Waals surface area contributed by atoms with Gasteiger partial charge in [0, 0.05) is 19.3 Å². The zero-order valence-corrected chi connectivity index (χ0v) is 51.7. The number of ether oxygens (including phenoxy) is 3. The summed E-state index contributed by atoms with van der Waals surface area (Å²) in [6, 6.07) is 0. The zero-order chi connectivity index (χ0) is 58.5. The molecule has 6 nitrogen and oxygen atoms in total. The topological polar surface area (TPSA) is 78.9 Å². The Morgan fingerprint density at radius 1 is 0.259 bits per heavy atom. The zero-order valence-electron chi connectivity index (χ0n) is 51.7. The Bertz CT molecular complexity index is 1900. The van der Waals surface area contributed by atoms with E-state index in [1.807, 2.05) is 0 Å². The first-order valence-corrected chi connectivity index (χ1v) is 32.3. The average molecular weight is 1110 g/mol. The summed E-state index contributed by atoms with van der Waals surface area (Å²) in [5.74, 6) is -1.03. The van der Waals surface area contributed by atoms with Crippen LogP contribution in [0.1, 0.15) is 252 Å². The van der Waals surface area contributed by atoms with Gasteiger partial charge in [-0.1, -0.05) is 261 Å². The van der Waals surface area contributed by atoms with Crippen molar-refractivity contribution in [1.82, 2.24) is 0 Å². The van der Waals surface area contributed by atoms with Gasteiger partial charge in [0.1, 0.15) is 13.2 Å². The fraction of sp³-hybridized carbons (Fsp3) is 0.560. The molecule has 1 atom stereocenters. The van der Waals surface area contributed by atoms with Gasteiger partial charge < -0.3 is 14.2 Å². The van der Waals surface area contributed by atoms with Crippen LogP contribution in [0.25, 0.3) is 0 Å². The maximum atomic E-state index is 12.9. The van der Waals surface area contributed by atoms with E-state index in [-0.39, 0.29) is 44.0 Å². The Kier molecular flexibility index (Phi) is 62.5. The average Bonchev–Trinajstić information content (AvgIpc) is 3.47. The molecule has 0 fully saturated rings. The molecule has 0 aliphatic rings. The molecule has 0 saturated carbocycles. The molecule has 0 aromatic rings. The minimum atomic E-state index is -0.834. The van der Waals surface area contributed by atoms with Gasteiger partial charge in [-0.25, -0.2) is 0 Å². The van der Waals surface area contributed by atoms with Crippen LogP contribution in [0.2, 0.25) is 0 Å². The summed E-state index contributed by atoms with van der Waals surface area (Å²) in [4.78, 5) is 38.3. The highest BCUT2D eigenvalue weighted by Crippen LogP contribution is 2.13. The molecule has 0 radical (unpaired) electrons. The normalized spacial score (nSPS) is 13.4. The van der Waals surface area contributed by atoms with Crippen LogP contribution in [0.5, 0.6) is 0 Å². The van der Waals surface area contributed by atoms with Crippen molar-refractivity contribution in [2.24, 2.45) is 0 Å². The van der Waals surface area contributed by atoms with Crippen molar-refractivity contribution in [3.63, 3.8) is 0 Å². The number of allylic oxidation sites excluding steroid dienone is 30. The van der Waals surface area contributed by atoms with Crippen molar-refractivity contribution in [3.05, 3.63) is 182 Å². The van der Waals surface area contributed by atoms with Gasteiger partial charge in [0.25, 0.3) is 0 Å². The summed E-state index contributed by atoms with van der Waals surface area (Å²) in [7, 11) is 0. The Morgan fingerprint density at radius 3 is 0.827 bits per heavy atom. The maximum absolute atomic E-state index is 12.9. The summed E-state index contributed by atoms with van der Waals surface area (Å²) in [5, 5.41) is 0. The van der Waals surface area contributed by atoms with E-state index in [2.05, 4.69) is 203 Å². The van der Waals surface area contributed by atoms with E-state index in [0.717, 1.165) is 148 Å². The predicted molar refractivity (Wildman–Crippen MR) is 352 cm³/mol. The van der Waals surface area contributed by atoms with E-state index in [1.54, 1.807) is 0 Å². The van der Waals surface area contributed by atoms with Crippen LogP contribution in [-0.4, -0.2) is 37.2 Å². The monoisotopic (exact) mass is 1110 g/mol. The summed E-state index contributed by atoms with van der Waals surface area (Å²) in [6.07, 6.45) is 100. The highest BCUT2D eigenvalue weighted by Gasteiger charge is 2.19. The third-order valence-corrected chi connectivity index (χ3v) is 12.9. The van der Waals surface area contributed by atoms with Crippen LogP contribution in [-0.2, 0) is 28.6 Å². The first-order chi connectivity index (χ1) is 40.0.